The van der Waals surface area contributed by atoms with Crippen molar-refractivity contribution in [2.45, 2.75) is 52.2 Å². The van der Waals surface area contributed by atoms with Crippen molar-refractivity contribution in [3.05, 3.63) is 9.98 Å². The molecule has 0 radical (unpaired) electrons. The Balaban J connectivity index is 2.21. The van der Waals surface area contributed by atoms with Gasteiger partial charge in [-0.05, 0) is 62.4 Å². The van der Waals surface area contributed by atoms with Crippen molar-refractivity contribution in [2.24, 2.45) is 5.92 Å². The van der Waals surface area contributed by atoms with Crippen LogP contribution in [-0.2, 0) is 4.74 Å². The predicted octanol–water partition coefficient (Wildman–Crippen LogP) is 4.45. The fraction of sp³-hybridized carbons (Fsp3) is 0.692. The van der Waals surface area contributed by atoms with Crippen molar-refractivity contribution in [3.8, 4) is 0 Å². The summed E-state index contributed by atoms with van der Waals surface area (Å²) in [5.74, 6) is 0.565. The summed E-state index contributed by atoms with van der Waals surface area (Å²) in [6.07, 6.45) is 3.76. The highest BCUT2D eigenvalue weighted by Crippen LogP contribution is 2.39. The first-order valence-electron chi connectivity index (χ1n) is 6.41. The van der Waals surface area contributed by atoms with Gasteiger partial charge in [0.2, 0.25) is 0 Å². The molecule has 106 valence electrons. The zero-order valence-electron chi connectivity index (χ0n) is 11.6. The molecule has 0 aliphatic heterocycles. The van der Waals surface area contributed by atoms with E-state index in [4.69, 9.17) is 4.74 Å². The molecule has 1 fully saturated rings. The van der Waals surface area contributed by atoms with Gasteiger partial charge >= 0.3 is 6.09 Å². The summed E-state index contributed by atoms with van der Waals surface area (Å²) in [5.41, 5.74) is -0.493. The molecule has 0 saturated heterocycles. The minimum atomic E-state index is -0.493. The summed E-state index contributed by atoms with van der Waals surface area (Å²) in [6, 6.07) is 0.132. The first-order valence-corrected chi connectivity index (χ1v) is 8.02. The maximum Gasteiger partial charge on any atom is 0.416 e. The third-order valence-corrected chi connectivity index (χ3v) is 4.45. The number of halogens is 1. The second kappa shape index (κ2) is 5.40. The van der Waals surface area contributed by atoms with E-state index in [1.54, 1.807) is 11.1 Å². The van der Waals surface area contributed by atoms with E-state index < -0.39 is 5.60 Å². The highest BCUT2D eigenvalue weighted by atomic mass is 79.9. The molecule has 4 nitrogen and oxygen atoms in total. The number of thiazole rings is 1. The van der Waals surface area contributed by atoms with Crippen molar-refractivity contribution >= 4 is 38.5 Å². The van der Waals surface area contributed by atoms with Crippen LogP contribution in [0.1, 0.15) is 40.5 Å². The Morgan fingerprint density at radius 1 is 1.58 bits per heavy atom. The SMILES string of the molecule is CC(C1CC1)N(C(=O)OC(C)(C)C)c1ncc(Br)s1. The van der Waals surface area contributed by atoms with Crippen LogP contribution in [0.25, 0.3) is 0 Å². The standard InChI is InChI=1S/C13H19BrN2O2S/c1-8(9-5-6-9)16(11-15-7-10(14)19-11)12(17)18-13(2,3)4/h7-9H,5-6H2,1-4H3. The van der Waals surface area contributed by atoms with Gasteiger partial charge in [0.1, 0.15) is 5.60 Å². The molecule has 1 aliphatic rings. The monoisotopic (exact) mass is 346 g/mol. The molecule has 1 atom stereocenters. The number of hydrogen-bond donors (Lipinski definition) is 0. The van der Waals surface area contributed by atoms with E-state index in [1.165, 1.54) is 24.2 Å². The van der Waals surface area contributed by atoms with E-state index >= 15 is 0 Å². The molecule has 1 unspecified atom stereocenters. The summed E-state index contributed by atoms with van der Waals surface area (Å²) in [7, 11) is 0. The Morgan fingerprint density at radius 2 is 2.21 bits per heavy atom. The number of hydrogen-bond acceptors (Lipinski definition) is 4. The number of carbonyl (C=O) groups excluding carboxylic acids is 1. The summed E-state index contributed by atoms with van der Waals surface area (Å²) >= 11 is 4.84. The fourth-order valence-electron chi connectivity index (χ4n) is 1.88. The molecule has 19 heavy (non-hydrogen) atoms. The van der Waals surface area contributed by atoms with E-state index in [-0.39, 0.29) is 12.1 Å². The second-order valence-electron chi connectivity index (χ2n) is 5.88. The van der Waals surface area contributed by atoms with Crippen LogP contribution in [-0.4, -0.2) is 22.7 Å². The molecule has 0 bridgehead atoms. The number of anilines is 1. The lowest BCUT2D eigenvalue weighted by atomic mass is 10.2. The van der Waals surface area contributed by atoms with Gasteiger partial charge in [-0.1, -0.05) is 11.3 Å². The smallest absolute Gasteiger partial charge is 0.416 e. The summed E-state index contributed by atoms with van der Waals surface area (Å²) < 4.78 is 6.42. The molecule has 0 N–H and O–H groups in total. The molecular weight excluding hydrogens is 328 g/mol. The molecular formula is C13H19BrN2O2S. The van der Waals surface area contributed by atoms with Crippen LogP contribution in [0.2, 0.25) is 0 Å². The minimum Gasteiger partial charge on any atom is -0.443 e. The third kappa shape index (κ3) is 3.92. The van der Waals surface area contributed by atoms with Crippen molar-refractivity contribution < 1.29 is 9.53 Å². The van der Waals surface area contributed by atoms with E-state index in [0.29, 0.717) is 11.0 Å². The lowest BCUT2D eigenvalue weighted by Gasteiger charge is -2.30. The second-order valence-corrected chi connectivity index (χ2v) is 8.26. The lowest BCUT2D eigenvalue weighted by molar-refractivity contribution is 0.0564. The number of nitrogens with zero attached hydrogens (tertiary/aromatic N) is 2. The summed E-state index contributed by atoms with van der Waals surface area (Å²) in [5, 5.41) is 0.695. The van der Waals surface area contributed by atoms with Crippen LogP contribution in [0, 0.1) is 5.92 Å². The zero-order valence-corrected chi connectivity index (χ0v) is 14.0. The quantitative estimate of drug-likeness (QED) is 0.811. The van der Waals surface area contributed by atoms with Gasteiger partial charge in [-0.15, -0.1) is 0 Å². The van der Waals surface area contributed by atoms with Crippen LogP contribution >= 0.6 is 27.3 Å². The van der Waals surface area contributed by atoms with Crippen molar-refractivity contribution in [1.29, 1.82) is 0 Å². The molecule has 6 heteroatoms. The number of aromatic nitrogens is 1. The van der Waals surface area contributed by atoms with Crippen LogP contribution in [0.5, 0.6) is 0 Å². The summed E-state index contributed by atoms with van der Waals surface area (Å²) in [4.78, 5) is 18.4. The van der Waals surface area contributed by atoms with E-state index in [9.17, 15) is 4.79 Å². The maximum absolute atomic E-state index is 12.4. The van der Waals surface area contributed by atoms with Crippen molar-refractivity contribution in [2.75, 3.05) is 4.90 Å². The zero-order chi connectivity index (χ0) is 14.2. The van der Waals surface area contributed by atoms with Crippen molar-refractivity contribution in [3.63, 3.8) is 0 Å². The molecule has 2 rings (SSSR count). The average molecular weight is 347 g/mol. The molecule has 1 aliphatic carbocycles. The van der Waals surface area contributed by atoms with E-state index in [2.05, 4.69) is 27.8 Å². The van der Waals surface area contributed by atoms with E-state index in [1.807, 2.05) is 20.8 Å². The Hall–Kier alpha value is -0.620. The molecule has 1 saturated carbocycles. The maximum atomic E-state index is 12.4. The van der Waals surface area contributed by atoms with Gasteiger partial charge in [0.05, 0.1) is 9.98 Å². The molecule has 1 heterocycles. The normalized spacial score (nSPS) is 17.1. The Bertz CT molecular complexity index is 465. The van der Waals surface area contributed by atoms with Gasteiger partial charge in [0.15, 0.2) is 5.13 Å². The Morgan fingerprint density at radius 3 is 2.63 bits per heavy atom. The largest absolute Gasteiger partial charge is 0.443 e. The van der Waals surface area contributed by atoms with Crippen LogP contribution in [0.3, 0.4) is 0 Å². The number of rotatable bonds is 3. The predicted molar refractivity (Wildman–Crippen MR) is 80.7 cm³/mol. The van der Waals surface area contributed by atoms with Crippen LogP contribution < -0.4 is 4.90 Å². The van der Waals surface area contributed by atoms with Crippen LogP contribution in [0.4, 0.5) is 9.93 Å². The average Bonchev–Trinajstić information content (AvgIpc) is 3.01. The first kappa shape index (κ1) is 14.8. The molecule has 0 spiro atoms. The van der Waals surface area contributed by atoms with Gasteiger partial charge in [0, 0.05) is 6.04 Å². The first-order chi connectivity index (χ1) is 8.78. The van der Waals surface area contributed by atoms with Gasteiger partial charge in [-0.2, -0.15) is 0 Å². The van der Waals surface area contributed by atoms with E-state index in [0.717, 1.165) is 3.79 Å². The van der Waals surface area contributed by atoms with Gasteiger partial charge in [-0.25, -0.2) is 14.7 Å². The fourth-order valence-corrected chi connectivity index (χ4v) is 3.14. The molecule has 1 aromatic heterocycles. The summed E-state index contributed by atoms with van der Waals surface area (Å²) in [6.45, 7) is 7.70. The molecule has 0 aromatic carbocycles. The lowest BCUT2D eigenvalue weighted by Crippen LogP contribution is -2.43. The number of carbonyl (C=O) groups is 1. The Labute approximate surface area is 126 Å². The highest BCUT2D eigenvalue weighted by molar-refractivity contribution is 9.11. The van der Waals surface area contributed by atoms with Gasteiger partial charge in [-0.3, -0.25) is 0 Å². The van der Waals surface area contributed by atoms with Gasteiger partial charge in [0.25, 0.3) is 0 Å². The van der Waals surface area contributed by atoms with Crippen LogP contribution in [0.15, 0.2) is 9.98 Å². The number of ether oxygens (including phenoxy) is 1. The topological polar surface area (TPSA) is 42.4 Å². The Kier molecular flexibility index (Phi) is 4.20. The third-order valence-electron chi connectivity index (χ3n) is 2.97. The molecule has 1 amide bonds. The van der Waals surface area contributed by atoms with Crippen molar-refractivity contribution in [1.82, 2.24) is 4.98 Å². The minimum absolute atomic E-state index is 0.132. The highest BCUT2D eigenvalue weighted by Gasteiger charge is 2.38. The van der Waals surface area contributed by atoms with Gasteiger partial charge < -0.3 is 4.74 Å². The molecule has 1 aromatic rings. The number of amides is 1.